The lowest BCUT2D eigenvalue weighted by Crippen LogP contribution is -2.39. The Morgan fingerprint density at radius 1 is 1.12 bits per heavy atom. The van der Waals surface area contributed by atoms with Crippen LogP contribution in [0.5, 0.6) is 11.5 Å². The summed E-state index contributed by atoms with van der Waals surface area (Å²) in [5.74, 6) is 0.651. The van der Waals surface area contributed by atoms with Gasteiger partial charge in [-0.05, 0) is 49.8 Å². The first kappa shape index (κ1) is 27.6. The van der Waals surface area contributed by atoms with Gasteiger partial charge >= 0.3 is 5.97 Å². The molecule has 0 fully saturated rings. The van der Waals surface area contributed by atoms with E-state index in [1.807, 2.05) is 60.7 Å². The van der Waals surface area contributed by atoms with Crippen LogP contribution in [0.1, 0.15) is 42.1 Å². The maximum absolute atomic E-state index is 14.0. The van der Waals surface area contributed by atoms with Gasteiger partial charge in [0.2, 0.25) is 0 Å². The van der Waals surface area contributed by atoms with E-state index in [2.05, 4.69) is 11.1 Å². The molecule has 0 aliphatic carbocycles. The van der Waals surface area contributed by atoms with Gasteiger partial charge in [-0.3, -0.25) is 9.36 Å². The SMILES string of the molecule is CCOC(=O)C1=C(C)N=c2s/c(=C\c3ccccc3OCc3ccccc3C#N)c(=O)n2[C@@H]1c1cccc(OC)c1. The van der Waals surface area contributed by atoms with Gasteiger partial charge in [0.15, 0.2) is 4.80 Å². The minimum absolute atomic E-state index is 0.195. The van der Waals surface area contributed by atoms with E-state index in [0.29, 0.717) is 48.8 Å². The Bertz CT molecular complexity index is 1880. The monoisotopic (exact) mass is 565 g/mol. The Morgan fingerprint density at radius 2 is 1.90 bits per heavy atom. The van der Waals surface area contributed by atoms with E-state index in [9.17, 15) is 14.9 Å². The average Bonchev–Trinajstić information content (AvgIpc) is 3.30. The summed E-state index contributed by atoms with van der Waals surface area (Å²) in [6.07, 6.45) is 1.77. The molecule has 3 aromatic carbocycles. The minimum Gasteiger partial charge on any atom is -0.497 e. The molecular formula is C32H27N3O5S. The molecular weight excluding hydrogens is 538 g/mol. The third-order valence-corrected chi connectivity index (χ3v) is 7.64. The molecule has 1 aliphatic rings. The first-order valence-corrected chi connectivity index (χ1v) is 13.8. The molecule has 0 unspecified atom stereocenters. The lowest BCUT2D eigenvalue weighted by molar-refractivity contribution is -0.139. The van der Waals surface area contributed by atoms with Gasteiger partial charge in [-0.1, -0.05) is 59.9 Å². The molecule has 41 heavy (non-hydrogen) atoms. The number of esters is 1. The van der Waals surface area contributed by atoms with E-state index in [4.69, 9.17) is 14.2 Å². The van der Waals surface area contributed by atoms with Crippen LogP contribution in [0.15, 0.2) is 93.9 Å². The number of nitriles is 1. The lowest BCUT2D eigenvalue weighted by Gasteiger charge is -2.25. The van der Waals surface area contributed by atoms with Crippen LogP contribution in [-0.2, 0) is 16.1 Å². The predicted molar refractivity (Wildman–Crippen MR) is 155 cm³/mol. The number of para-hydroxylation sites is 1. The van der Waals surface area contributed by atoms with Gasteiger partial charge in [-0.25, -0.2) is 9.79 Å². The van der Waals surface area contributed by atoms with Gasteiger partial charge in [0.05, 0.1) is 47.2 Å². The van der Waals surface area contributed by atoms with Crippen molar-refractivity contribution in [3.63, 3.8) is 0 Å². The van der Waals surface area contributed by atoms with Crippen LogP contribution in [0.2, 0.25) is 0 Å². The second-order valence-corrected chi connectivity index (χ2v) is 10.2. The highest BCUT2D eigenvalue weighted by Gasteiger charge is 2.33. The molecule has 2 heterocycles. The molecule has 1 aliphatic heterocycles. The van der Waals surface area contributed by atoms with Crippen LogP contribution in [0, 0.1) is 11.3 Å². The zero-order valence-electron chi connectivity index (χ0n) is 22.8. The van der Waals surface area contributed by atoms with Gasteiger partial charge in [0.25, 0.3) is 5.56 Å². The summed E-state index contributed by atoms with van der Waals surface area (Å²) in [7, 11) is 1.57. The maximum atomic E-state index is 14.0. The standard InChI is InChI=1S/C32H27N3O5S/c1-4-39-31(37)28-20(2)34-32-35(29(28)22-13-9-14-25(16-22)38-3)30(36)27(41-32)17-21-10-7-8-15-26(21)40-19-24-12-6-5-11-23(24)18-33/h5-17,29H,4,19H2,1-3H3/b27-17-/t29-/m1/s1. The Hall–Kier alpha value is -4.94. The zero-order chi connectivity index (χ0) is 28.9. The molecule has 0 saturated carbocycles. The van der Waals surface area contributed by atoms with Gasteiger partial charge in [-0.15, -0.1) is 0 Å². The first-order chi connectivity index (χ1) is 19.9. The van der Waals surface area contributed by atoms with Crippen LogP contribution < -0.4 is 24.4 Å². The van der Waals surface area contributed by atoms with Crippen LogP contribution in [0.4, 0.5) is 0 Å². The molecule has 0 N–H and O–H groups in total. The van der Waals surface area contributed by atoms with Gasteiger partial charge < -0.3 is 14.2 Å². The van der Waals surface area contributed by atoms with Crippen LogP contribution in [0.25, 0.3) is 6.08 Å². The molecule has 0 spiro atoms. The zero-order valence-corrected chi connectivity index (χ0v) is 23.6. The number of aromatic nitrogens is 1. The number of carbonyl (C=O) groups excluding carboxylic acids is 1. The van der Waals surface area contributed by atoms with Crippen molar-refractivity contribution in [1.82, 2.24) is 4.57 Å². The molecule has 9 heteroatoms. The molecule has 0 amide bonds. The molecule has 1 atom stereocenters. The third-order valence-electron chi connectivity index (χ3n) is 6.65. The lowest BCUT2D eigenvalue weighted by atomic mass is 9.95. The van der Waals surface area contributed by atoms with E-state index in [1.165, 1.54) is 15.9 Å². The normalized spacial score (nSPS) is 14.6. The summed E-state index contributed by atoms with van der Waals surface area (Å²) in [5, 5.41) is 9.41. The largest absolute Gasteiger partial charge is 0.497 e. The van der Waals surface area contributed by atoms with Crippen molar-refractivity contribution >= 4 is 23.4 Å². The fourth-order valence-electron chi connectivity index (χ4n) is 4.70. The molecule has 4 aromatic rings. The van der Waals surface area contributed by atoms with Crippen molar-refractivity contribution in [2.75, 3.05) is 13.7 Å². The third kappa shape index (κ3) is 5.55. The number of hydrogen-bond acceptors (Lipinski definition) is 8. The maximum Gasteiger partial charge on any atom is 0.338 e. The van der Waals surface area contributed by atoms with Crippen molar-refractivity contribution in [2.45, 2.75) is 26.5 Å². The number of carbonyl (C=O) groups is 1. The number of thiazole rings is 1. The van der Waals surface area contributed by atoms with E-state index in [1.54, 1.807) is 39.2 Å². The second kappa shape index (κ2) is 12.1. The fraction of sp³-hybridized carbons (Fsp3) is 0.188. The van der Waals surface area contributed by atoms with Crippen molar-refractivity contribution < 1.29 is 19.0 Å². The summed E-state index contributed by atoms with van der Waals surface area (Å²) < 4.78 is 18.9. The molecule has 0 radical (unpaired) electrons. The van der Waals surface area contributed by atoms with Gasteiger partial charge in [-0.2, -0.15) is 5.26 Å². The predicted octanol–water partition coefficient (Wildman–Crippen LogP) is 4.26. The molecule has 5 rings (SSSR count). The smallest absolute Gasteiger partial charge is 0.338 e. The molecule has 206 valence electrons. The second-order valence-electron chi connectivity index (χ2n) is 9.17. The highest BCUT2D eigenvalue weighted by molar-refractivity contribution is 7.07. The number of rotatable bonds is 8. The summed E-state index contributed by atoms with van der Waals surface area (Å²) in [6, 6.07) is 23.4. The Labute approximate surface area is 240 Å². The van der Waals surface area contributed by atoms with E-state index < -0.39 is 12.0 Å². The summed E-state index contributed by atoms with van der Waals surface area (Å²) in [6.45, 7) is 3.88. The van der Waals surface area contributed by atoms with E-state index >= 15 is 0 Å². The number of hydrogen-bond donors (Lipinski definition) is 0. The molecule has 0 bridgehead atoms. The number of benzene rings is 3. The van der Waals surface area contributed by atoms with Crippen LogP contribution in [-0.4, -0.2) is 24.3 Å². The highest BCUT2D eigenvalue weighted by atomic mass is 32.1. The van der Waals surface area contributed by atoms with Crippen LogP contribution in [0.3, 0.4) is 0 Å². The number of methoxy groups -OCH3 is 1. The van der Waals surface area contributed by atoms with Gasteiger partial charge in [0, 0.05) is 11.1 Å². The van der Waals surface area contributed by atoms with Crippen molar-refractivity contribution in [2.24, 2.45) is 4.99 Å². The number of nitrogens with zero attached hydrogens (tertiary/aromatic N) is 3. The average molecular weight is 566 g/mol. The van der Waals surface area contributed by atoms with Gasteiger partial charge in [0.1, 0.15) is 18.1 Å². The Kier molecular flexibility index (Phi) is 8.13. The van der Waals surface area contributed by atoms with Crippen molar-refractivity contribution in [3.05, 3.63) is 126 Å². The summed E-state index contributed by atoms with van der Waals surface area (Å²) in [4.78, 5) is 32.2. The number of allylic oxidation sites excluding steroid dienone is 1. The van der Waals surface area contributed by atoms with Crippen LogP contribution >= 0.6 is 11.3 Å². The minimum atomic E-state index is -0.739. The highest BCUT2D eigenvalue weighted by Crippen LogP contribution is 2.32. The quantitative estimate of drug-likeness (QED) is 0.296. The van der Waals surface area contributed by atoms with E-state index in [-0.39, 0.29) is 18.8 Å². The first-order valence-electron chi connectivity index (χ1n) is 13.0. The number of fused-ring (bicyclic) bond motifs is 1. The fourth-order valence-corrected chi connectivity index (χ4v) is 5.74. The Morgan fingerprint density at radius 3 is 2.68 bits per heavy atom. The van der Waals surface area contributed by atoms with Crippen molar-refractivity contribution in [3.8, 4) is 17.6 Å². The van der Waals surface area contributed by atoms with E-state index in [0.717, 1.165) is 5.56 Å². The molecule has 1 aromatic heterocycles. The van der Waals surface area contributed by atoms with Crippen molar-refractivity contribution in [1.29, 1.82) is 5.26 Å². The Balaban J connectivity index is 1.61. The summed E-state index contributed by atoms with van der Waals surface area (Å²) in [5.41, 5.74) is 3.22. The molecule has 8 nitrogen and oxygen atoms in total. The molecule has 0 saturated heterocycles. The number of ether oxygens (including phenoxy) is 3. The summed E-state index contributed by atoms with van der Waals surface area (Å²) >= 11 is 1.24. The topological polar surface area (TPSA) is 103 Å².